The molecule has 6 nitrogen and oxygen atoms in total. The first-order chi connectivity index (χ1) is 19.2. The maximum absolute atomic E-state index is 12.7. The zero-order valence-corrected chi connectivity index (χ0v) is 22.6. The van der Waals surface area contributed by atoms with Gasteiger partial charge in [0.05, 0.1) is 12.2 Å². The highest BCUT2D eigenvalue weighted by Crippen LogP contribution is 2.28. The van der Waals surface area contributed by atoms with Crippen LogP contribution in [-0.4, -0.2) is 24.5 Å². The number of carbonyl (C=O) groups is 3. The first kappa shape index (κ1) is 28.0. The zero-order chi connectivity index (χ0) is 28.6. The van der Waals surface area contributed by atoms with Crippen LogP contribution in [0.5, 0.6) is 5.75 Å². The van der Waals surface area contributed by atoms with Gasteiger partial charge in [0.25, 0.3) is 0 Å². The molecule has 0 fully saturated rings. The van der Waals surface area contributed by atoms with E-state index in [2.05, 4.69) is 19.2 Å². The first-order valence-corrected chi connectivity index (χ1v) is 12.8. The molecular weight excluding hydrogens is 504 g/mol. The number of fused-ring (bicyclic) bond motifs is 1. The van der Waals surface area contributed by atoms with Crippen LogP contribution in [0.3, 0.4) is 0 Å². The third-order valence-electron chi connectivity index (χ3n) is 6.19. The summed E-state index contributed by atoms with van der Waals surface area (Å²) >= 11 is 0. The second kappa shape index (κ2) is 12.7. The van der Waals surface area contributed by atoms with Crippen molar-refractivity contribution in [2.75, 3.05) is 6.61 Å². The Morgan fingerprint density at radius 2 is 1.23 bits per heavy atom. The van der Waals surface area contributed by atoms with Crippen LogP contribution in [0.2, 0.25) is 0 Å². The van der Waals surface area contributed by atoms with Crippen LogP contribution < -0.4 is 4.74 Å². The van der Waals surface area contributed by atoms with Crippen molar-refractivity contribution in [1.82, 2.24) is 0 Å². The first-order valence-electron chi connectivity index (χ1n) is 12.8. The minimum Gasteiger partial charge on any atom is -0.462 e. The number of benzene rings is 4. The molecule has 0 aliphatic rings. The van der Waals surface area contributed by atoms with E-state index in [1.807, 2.05) is 60.7 Å². The molecule has 0 aromatic heterocycles. The lowest BCUT2D eigenvalue weighted by Gasteiger charge is -2.09. The molecule has 0 aliphatic heterocycles. The number of carbonyl (C=O) groups excluding carboxylic acids is 3. The Kier molecular flexibility index (Phi) is 8.92. The van der Waals surface area contributed by atoms with Gasteiger partial charge in [0.1, 0.15) is 12.4 Å². The summed E-state index contributed by atoms with van der Waals surface area (Å²) < 4.78 is 15.9. The minimum absolute atomic E-state index is 0.197. The van der Waals surface area contributed by atoms with Gasteiger partial charge >= 0.3 is 17.9 Å². The number of rotatable bonds is 10. The molecule has 0 N–H and O–H groups in total. The Morgan fingerprint density at radius 3 is 1.90 bits per heavy atom. The van der Waals surface area contributed by atoms with Gasteiger partial charge in [-0.05, 0) is 77.2 Å². The molecule has 0 saturated carbocycles. The predicted octanol–water partition coefficient (Wildman–Crippen LogP) is 7.01. The number of ether oxygens (including phenoxy) is 3. The summed E-state index contributed by atoms with van der Waals surface area (Å²) in [7, 11) is 0. The van der Waals surface area contributed by atoms with Crippen LogP contribution in [0.1, 0.15) is 35.3 Å². The van der Waals surface area contributed by atoms with Gasteiger partial charge in [-0.3, -0.25) is 0 Å². The van der Waals surface area contributed by atoms with Crippen molar-refractivity contribution in [2.24, 2.45) is 0 Å². The smallest absolute Gasteiger partial charge is 0.343 e. The molecule has 4 aromatic carbocycles. The molecule has 0 radical (unpaired) electrons. The molecule has 0 spiro atoms. The van der Waals surface area contributed by atoms with Crippen LogP contribution in [-0.2, 0) is 32.1 Å². The predicted molar refractivity (Wildman–Crippen MR) is 155 cm³/mol. The highest BCUT2D eigenvalue weighted by atomic mass is 16.5. The fraction of sp³-hybridized carbons (Fsp3) is 0.147. The number of esters is 3. The largest absolute Gasteiger partial charge is 0.462 e. The van der Waals surface area contributed by atoms with Crippen molar-refractivity contribution in [2.45, 2.75) is 26.9 Å². The second-order valence-corrected chi connectivity index (χ2v) is 9.53. The Labute approximate surface area is 233 Å². The molecule has 0 bridgehead atoms. The van der Waals surface area contributed by atoms with Crippen molar-refractivity contribution in [1.29, 1.82) is 0 Å². The lowest BCUT2D eigenvalue weighted by molar-refractivity contribution is -0.140. The van der Waals surface area contributed by atoms with Gasteiger partial charge < -0.3 is 14.2 Å². The summed E-state index contributed by atoms with van der Waals surface area (Å²) in [6, 6.07) is 26.4. The molecular formula is C34H30O6. The van der Waals surface area contributed by atoms with Gasteiger partial charge in [0.15, 0.2) is 0 Å². The van der Waals surface area contributed by atoms with E-state index in [1.165, 1.54) is 0 Å². The molecule has 6 heteroatoms. The van der Waals surface area contributed by atoms with E-state index in [0.717, 1.165) is 33.0 Å². The number of hydrogen-bond donors (Lipinski definition) is 0. The molecule has 0 unspecified atom stereocenters. The third-order valence-corrected chi connectivity index (χ3v) is 6.19. The van der Waals surface area contributed by atoms with Crippen molar-refractivity contribution in [3.05, 3.63) is 126 Å². The summed E-state index contributed by atoms with van der Waals surface area (Å²) in [5.74, 6) is -0.821. The Balaban J connectivity index is 1.36. The Morgan fingerprint density at radius 1 is 0.650 bits per heavy atom. The van der Waals surface area contributed by atoms with E-state index in [1.54, 1.807) is 32.0 Å². The summed E-state index contributed by atoms with van der Waals surface area (Å²) in [5.41, 5.74) is 5.06. The lowest BCUT2D eigenvalue weighted by Crippen LogP contribution is -2.09. The van der Waals surface area contributed by atoms with Gasteiger partial charge in [-0.2, -0.15) is 0 Å². The van der Waals surface area contributed by atoms with Crippen molar-refractivity contribution >= 4 is 28.7 Å². The molecule has 0 saturated heterocycles. The number of hydrogen-bond acceptors (Lipinski definition) is 6. The van der Waals surface area contributed by atoms with Crippen LogP contribution >= 0.6 is 0 Å². The van der Waals surface area contributed by atoms with E-state index in [0.29, 0.717) is 28.9 Å². The summed E-state index contributed by atoms with van der Waals surface area (Å²) in [6.07, 6.45) is 0.538. The highest BCUT2D eigenvalue weighted by molar-refractivity contribution is 5.93. The van der Waals surface area contributed by atoms with Crippen molar-refractivity contribution < 1.29 is 28.6 Å². The average molecular weight is 535 g/mol. The van der Waals surface area contributed by atoms with Gasteiger partial charge in [0.2, 0.25) is 0 Å². The van der Waals surface area contributed by atoms with Gasteiger partial charge in [-0.1, -0.05) is 67.8 Å². The van der Waals surface area contributed by atoms with Gasteiger partial charge in [-0.25, -0.2) is 14.4 Å². The van der Waals surface area contributed by atoms with E-state index in [9.17, 15) is 14.4 Å². The average Bonchev–Trinajstić information content (AvgIpc) is 2.96. The summed E-state index contributed by atoms with van der Waals surface area (Å²) in [6.45, 7) is 10.8. The Bertz CT molecular complexity index is 1580. The van der Waals surface area contributed by atoms with Crippen LogP contribution in [0.25, 0.3) is 21.9 Å². The fourth-order valence-electron chi connectivity index (χ4n) is 3.89. The molecule has 4 aromatic rings. The Hall–Kier alpha value is -4.97. The topological polar surface area (TPSA) is 78.9 Å². The van der Waals surface area contributed by atoms with E-state index < -0.39 is 17.9 Å². The molecule has 0 aliphatic carbocycles. The van der Waals surface area contributed by atoms with E-state index in [-0.39, 0.29) is 13.2 Å². The molecule has 40 heavy (non-hydrogen) atoms. The van der Waals surface area contributed by atoms with Crippen LogP contribution in [0.15, 0.2) is 109 Å². The molecule has 4 rings (SSSR count). The van der Waals surface area contributed by atoms with Gasteiger partial charge in [-0.15, -0.1) is 0 Å². The normalized spacial score (nSPS) is 10.6. The van der Waals surface area contributed by atoms with Crippen LogP contribution in [0.4, 0.5) is 0 Å². The standard InChI is InChI=1S/C34H30O6/c1-22(2)32(35)38-18-17-24-5-11-27(12-6-24)34(37)40-31-16-15-29-19-28(13-14-30(29)20-31)26-9-7-25(8-10-26)21-39-33(36)23(3)4/h5-16,19-20H,1,3,17-18,21H2,2,4H3. The monoisotopic (exact) mass is 534 g/mol. The molecule has 0 atom stereocenters. The highest BCUT2D eigenvalue weighted by Gasteiger charge is 2.11. The SMILES string of the molecule is C=C(C)C(=O)OCCc1ccc(C(=O)Oc2ccc3cc(-c4ccc(COC(=O)C(=C)C)cc4)ccc3c2)cc1. The molecule has 202 valence electrons. The minimum atomic E-state index is -0.453. The quantitative estimate of drug-likeness (QED) is 0.124. The van der Waals surface area contributed by atoms with Crippen molar-refractivity contribution in [3.63, 3.8) is 0 Å². The van der Waals surface area contributed by atoms with E-state index in [4.69, 9.17) is 14.2 Å². The van der Waals surface area contributed by atoms with Crippen LogP contribution in [0, 0.1) is 0 Å². The summed E-state index contributed by atoms with van der Waals surface area (Å²) in [5, 5.41) is 1.95. The van der Waals surface area contributed by atoms with Crippen molar-refractivity contribution in [3.8, 4) is 16.9 Å². The van der Waals surface area contributed by atoms with Gasteiger partial charge in [0, 0.05) is 17.6 Å². The molecule has 0 heterocycles. The third kappa shape index (κ3) is 7.32. The fourth-order valence-corrected chi connectivity index (χ4v) is 3.89. The lowest BCUT2D eigenvalue weighted by atomic mass is 10.0. The molecule has 0 amide bonds. The van der Waals surface area contributed by atoms with E-state index >= 15 is 0 Å². The maximum atomic E-state index is 12.7. The summed E-state index contributed by atoms with van der Waals surface area (Å²) in [4.78, 5) is 35.8. The second-order valence-electron chi connectivity index (χ2n) is 9.53. The zero-order valence-electron chi connectivity index (χ0n) is 22.6. The maximum Gasteiger partial charge on any atom is 0.343 e.